The second-order valence-corrected chi connectivity index (χ2v) is 9.10. The highest BCUT2D eigenvalue weighted by atomic mass is 32.1. The summed E-state index contributed by atoms with van der Waals surface area (Å²) < 4.78 is 1.25. The third-order valence-electron chi connectivity index (χ3n) is 5.76. The standard InChI is InChI=1S/C23H26N4OS/c28-23(24-18-10-11-18)22(17-6-2-1-3-7-17)27-14-12-26(13-15-27)16-21-25-19-8-4-5-9-20(19)29-21/h1-9,18,22H,10-16H2,(H,24,28)/t22-/m1/s1. The van der Waals surface area contributed by atoms with E-state index in [2.05, 4.69) is 45.4 Å². The van der Waals surface area contributed by atoms with Gasteiger partial charge in [-0.05, 0) is 30.5 Å². The molecule has 3 aromatic rings. The Bertz CT molecular complexity index is 944. The molecular formula is C23H26N4OS. The molecule has 1 saturated heterocycles. The molecule has 0 radical (unpaired) electrons. The first-order chi connectivity index (χ1) is 14.3. The number of nitrogens with zero attached hydrogens (tertiary/aromatic N) is 3. The van der Waals surface area contributed by atoms with Crippen LogP contribution in [0, 0.1) is 0 Å². The Morgan fingerprint density at radius 3 is 2.48 bits per heavy atom. The van der Waals surface area contributed by atoms with E-state index in [9.17, 15) is 4.79 Å². The second-order valence-electron chi connectivity index (χ2n) is 7.98. The van der Waals surface area contributed by atoms with Gasteiger partial charge in [0.25, 0.3) is 0 Å². The molecule has 29 heavy (non-hydrogen) atoms. The second kappa shape index (κ2) is 8.22. The number of hydrogen-bond acceptors (Lipinski definition) is 5. The van der Waals surface area contributed by atoms with Gasteiger partial charge in [-0.2, -0.15) is 0 Å². The van der Waals surface area contributed by atoms with E-state index in [0.29, 0.717) is 6.04 Å². The fourth-order valence-corrected chi connectivity index (χ4v) is 5.04. The highest BCUT2D eigenvalue weighted by Crippen LogP contribution is 2.27. The van der Waals surface area contributed by atoms with Crippen molar-refractivity contribution in [3.63, 3.8) is 0 Å². The number of nitrogens with one attached hydrogen (secondary N) is 1. The molecule has 2 heterocycles. The Morgan fingerprint density at radius 1 is 1.03 bits per heavy atom. The van der Waals surface area contributed by atoms with Crippen molar-refractivity contribution in [2.45, 2.75) is 31.5 Å². The van der Waals surface area contributed by atoms with Crippen LogP contribution >= 0.6 is 11.3 Å². The van der Waals surface area contributed by atoms with Crippen LogP contribution in [0.3, 0.4) is 0 Å². The molecule has 0 bridgehead atoms. The van der Waals surface area contributed by atoms with Crippen molar-refractivity contribution in [3.8, 4) is 0 Å². The largest absolute Gasteiger partial charge is 0.352 e. The van der Waals surface area contributed by atoms with Crippen LogP contribution in [0.2, 0.25) is 0 Å². The van der Waals surface area contributed by atoms with Crippen molar-refractivity contribution in [1.29, 1.82) is 0 Å². The van der Waals surface area contributed by atoms with Crippen molar-refractivity contribution >= 4 is 27.5 Å². The van der Waals surface area contributed by atoms with Gasteiger partial charge < -0.3 is 5.32 Å². The van der Waals surface area contributed by atoms with E-state index >= 15 is 0 Å². The van der Waals surface area contributed by atoms with E-state index in [1.807, 2.05) is 24.3 Å². The van der Waals surface area contributed by atoms with Crippen molar-refractivity contribution in [3.05, 3.63) is 65.2 Å². The maximum atomic E-state index is 13.0. The summed E-state index contributed by atoms with van der Waals surface area (Å²) in [5.74, 6) is 0.151. The van der Waals surface area contributed by atoms with E-state index in [4.69, 9.17) is 4.98 Å². The lowest BCUT2D eigenvalue weighted by atomic mass is 10.0. The molecule has 1 saturated carbocycles. The van der Waals surface area contributed by atoms with Gasteiger partial charge in [-0.25, -0.2) is 4.98 Å². The van der Waals surface area contributed by atoms with Crippen LogP contribution in [0.4, 0.5) is 0 Å². The number of fused-ring (bicyclic) bond motifs is 1. The summed E-state index contributed by atoms with van der Waals surface area (Å²) >= 11 is 1.78. The van der Waals surface area contributed by atoms with E-state index in [1.165, 1.54) is 9.71 Å². The molecule has 6 heteroatoms. The normalized spacial score (nSPS) is 19.3. The predicted molar refractivity (Wildman–Crippen MR) is 117 cm³/mol. The average molecular weight is 407 g/mol. The molecule has 2 fully saturated rings. The predicted octanol–water partition coefficient (Wildman–Crippen LogP) is 3.43. The first-order valence-corrected chi connectivity index (χ1v) is 11.2. The third kappa shape index (κ3) is 4.34. The van der Waals surface area contributed by atoms with Crippen molar-refractivity contribution in [2.24, 2.45) is 0 Å². The number of thiazole rings is 1. The zero-order chi connectivity index (χ0) is 19.6. The van der Waals surface area contributed by atoms with Gasteiger partial charge in [-0.1, -0.05) is 42.5 Å². The molecule has 150 valence electrons. The smallest absolute Gasteiger partial charge is 0.242 e. The van der Waals surface area contributed by atoms with Crippen LogP contribution < -0.4 is 5.32 Å². The lowest BCUT2D eigenvalue weighted by molar-refractivity contribution is -0.127. The summed E-state index contributed by atoms with van der Waals surface area (Å²) in [6.07, 6.45) is 2.23. The van der Waals surface area contributed by atoms with E-state index in [0.717, 1.165) is 56.6 Å². The van der Waals surface area contributed by atoms with E-state index < -0.39 is 0 Å². The minimum absolute atomic E-state index is 0.151. The summed E-state index contributed by atoms with van der Waals surface area (Å²) in [5.41, 5.74) is 2.18. The lowest BCUT2D eigenvalue weighted by Crippen LogP contribution is -2.50. The SMILES string of the molecule is O=C(NC1CC1)[C@@H](c1ccccc1)N1CCN(Cc2nc3ccccc3s2)CC1. The lowest BCUT2D eigenvalue weighted by Gasteiger charge is -2.38. The highest BCUT2D eigenvalue weighted by Gasteiger charge is 2.33. The minimum Gasteiger partial charge on any atom is -0.352 e. The van der Waals surface area contributed by atoms with Crippen molar-refractivity contribution < 1.29 is 4.79 Å². The minimum atomic E-state index is -0.193. The van der Waals surface area contributed by atoms with Gasteiger partial charge in [-0.15, -0.1) is 11.3 Å². The van der Waals surface area contributed by atoms with Crippen LogP contribution in [-0.2, 0) is 11.3 Å². The van der Waals surface area contributed by atoms with Gasteiger partial charge in [0.1, 0.15) is 11.0 Å². The molecule has 1 aliphatic heterocycles. The summed E-state index contributed by atoms with van der Waals surface area (Å²) in [7, 11) is 0. The number of carbonyl (C=O) groups is 1. The Labute approximate surface area is 175 Å². The zero-order valence-electron chi connectivity index (χ0n) is 16.5. The van der Waals surface area contributed by atoms with Crippen LogP contribution in [0.5, 0.6) is 0 Å². The number of piperazine rings is 1. The zero-order valence-corrected chi connectivity index (χ0v) is 17.3. The average Bonchev–Trinajstić information content (AvgIpc) is 3.46. The number of aromatic nitrogens is 1. The van der Waals surface area contributed by atoms with Gasteiger partial charge in [0, 0.05) is 32.2 Å². The molecular weight excluding hydrogens is 380 g/mol. The number of rotatable bonds is 6. The maximum absolute atomic E-state index is 13.0. The van der Waals surface area contributed by atoms with Gasteiger partial charge >= 0.3 is 0 Å². The fourth-order valence-electron chi connectivity index (χ4n) is 4.03. The van der Waals surface area contributed by atoms with E-state index in [1.54, 1.807) is 11.3 Å². The first-order valence-electron chi connectivity index (χ1n) is 10.4. The van der Waals surface area contributed by atoms with E-state index in [-0.39, 0.29) is 11.9 Å². The first kappa shape index (κ1) is 18.7. The molecule has 1 aromatic heterocycles. The van der Waals surface area contributed by atoms with Gasteiger partial charge in [0.2, 0.25) is 5.91 Å². The van der Waals surface area contributed by atoms with Gasteiger partial charge in [-0.3, -0.25) is 14.6 Å². The molecule has 1 amide bonds. The van der Waals surface area contributed by atoms with Crippen LogP contribution in [0.1, 0.15) is 29.5 Å². The molecule has 5 nitrogen and oxygen atoms in total. The number of hydrogen-bond donors (Lipinski definition) is 1. The number of carbonyl (C=O) groups excluding carboxylic acids is 1. The summed E-state index contributed by atoms with van der Waals surface area (Å²) in [6, 6.07) is 18.7. The molecule has 1 aliphatic carbocycles. The Balaban J connectivity index is 1.25. The molecule has 0 unspecified atom stereocenters. The Hall–Kier alpha value is -2.28. The molecule has 0 spiro atoms. The van der Waals surface area contributed by atoms with Gasteiger partial charge in [0.15, 0.2) is 0 Å². The highest BCUT2D eigenvalue weighted by molar-refractivity contribution is 7.18. The van der Waals surface area contributed by atoms with Gasteiger partial charge in [0.05, 0.1) is 16.8 Å². The van der Waals surface area contributed by atoms with Crippen molar-refractivity contribution in [2.75, 3.05) is 26.2 Å². The third-order valence-corrected chi connectivity index (χ3v) is 6.78. The van der Waals surface area contributed by atoms with Crippen LogP contribution in [0.15, 0.2) is 54.6 Å². The fraction of sp³-hybridized carbons (Fsp3) is 0.391. The number of amides is 1. The monoisotopic (exact) mass is 406 g/mol. The van der Waals surface area contributed by atoms with Crippen LogP contribution in [0.25, 0.3) is 10.2 Å². The molecule has 1 atom stereocenters. The summed E-state index contributed by atoms with van der Waals surface area (Å²) in [5, 5.41) is 4.39. The van der Waals surface area contributed by atoms with Crippen LogP contribution in [-0.4, -0.2) is 52.9 Å². The summed E-state index contributed by atoms with van der Waals surface area (Å²) in [6.45, 7) is 4.58. The quantitative estimate of drug-likeness (QED) is 0.681. The Kier molecular flexibility index (Phi) is 5.31. The molecule has 2 aromatic carbocycles. The van der Waals surface area contributed by atoms with Crippen molar-refractivity contribution in [1.82, 2.24) is 20.1 Å². The topological polar surface area (TPSA) is 48.5 Å². The number of benzene rings is 2. The maximum Gasteiger partial charge on any atom is 0.242 e. The molecule has 1 N–H and O–H groups in total. The molecule has 5 rings (SSSR count). The molecule has 2 aliphatic rings. The number of para-hydroxylation sites is 1. The summed E-state index contributed by atoms with van der Waals surface area (Å²) in [4.78, 5) is 22.6. The Morgan fingerprint density at radius 2 is 1.76 bits per heavy atom.